The molecule has 0 aromatic heterocycles. The van der Waals surface area contributed by atoms with Gasteiger partial charge in [-0.25, -0.2) is 0 Å². The Kier molecular flexibility index (Phi) is 1.88. The summed E-state index contributed by atoms with van der Waals surface area (Å²) in [7, 11) is 0. The van der Waals surface area contributed by atoms with Crippen molar-refractivity contribution in [2.75, 3.05) is 6.54 Å². The van der Waals surface area contributed by atoms with Crippen molar-refractivity contribution in [1.82, 2.24) is 5.32 Å². The van der Waals surface area contributed by atoms with Crippen LogP contribution in [0.15, 0.2) is 30.3 Å². The monoisotopic (exact) mass is 187 g/mol. The van der Waals surface area contributed by atoms with E-state index in [1.54, 1.807) is 0 Å². The van der Waals surface area contributed by atoms with Gasteiger partial charge in [0.2, 0.25) is 0 Å². The minimum atomic E-state index is 0.361. The van der Waals surface area contributed by atoms with Crippen molar-refractivity contribution in [2.24, 2.45) is 5.92 Å². The van der Waals surface area contributed by atoms with Crippen molar-refractivity contribution >= 4 is 0 Å². The molecule has 0 radical (unpaired) electrons. The number of hydrogen-bond acceptors (Lipinski definition) is 1. The van der Waals surface area contributed by atoms with E-state index < -0.39 is 0 Å². The van der Waals surface area contributed by atoms with E-state index >= 15 is 0 Å². The van der Waals surface area contributed by atoms with Crippen molar-refractivity contribution in [2.45, 2.75) is 31.2 Å². The van der Waals surface area contributed by atoms with Crippen LogP contribution < -0.4 is 5.32 Å². The quantitative estimate of drug-likeness (QED) is 0.712. The molecule has 14 heavy (non-hydrogen) atoms. The maximum atomic E-state index is 3.68. The Hall–Kier alpha value is -0.820. The summed E-state index contributed by atoms with van der Waals surface area (Å²) in [5, 5.41) is 3.68. The zero-order valence-electron chi connectivity index (χ0n) is 8.50. The fourth-order valence-electron chi connectivity index (χ4n) is 3.15. The predicted molar refractivity (Wildman–Crippen MR) is 58.1 cm³/mol. The summed E-state index contributed by atoms with van der Waals surface area (Å²) >= 11 is 0. The van der Waals surface area contributed by atoms with Gasteiger partial charge in [-0.3, -0.25) is 0 Å². The third kappa shape index (κ3) is 1.05. The third-order valence-electron chi connectivity index (χ3n) is 4.02. The molecule has 1 aliphatic heterocycles. The normalized spacial score (nSPS) is 35.9. The van der Waals surface area contributed by atoms with Crippen LogP contribution in [0.4, 0.5) is 0 Å². The molecular formula is C13H17N. The third-order valence-corrected chi connectivity index (χ3v) is 4.02. The Morgan fingerprint density at radius 3 is 2.64 bits per heavy atom. The first kappa shape index (κ1) is 8.49. The molecule has 1 heteroatoms. The van der Waals surface area contributed by atoms with E-state index in [0.717, 1.165) is 5.92 Å². The Balaban J connectivity index is 1.96. The fourth-order valence-corrected chi connectivity index (χ4v) is 3.15. The summed E-state index contributed by atoms with van der Waals surface area (Å²) in [6.07, 6.45) is 5.57. The summed E-state index contributed by atoms with van der Waals surface area (Å²) in [4.78, 5) is 0. The second-order valence-electron chi connectivity index (χ2n) is 4.66. The average Bonchev–Trinajstić information content (AvgIpc) is 2.22. The molecular weight excluding hydrogens is 170 g/mol. The lowest BCUT2D eigenvalue weighted by Crippen LogP contribution is -2.63. The highest BCUT2D eigenvalue weighted by molar-refractivity contribution is 5.29. The highest BCUT2D eigenvalue weighted by Gasteiger charge is 2.48. The van der Waals surface area contributed by atoms with Gasteiger partial charge in [0.1, 0.15) is 0 Å². The zero-order valence-corrected chi connectivity index (χ0v) is 8.50. The molecule has 3 rings (SSSR count). The van der Waals surface area contributed by atoms with Gasteiger partial charge in [-0.15, -0.1) is 0 Å². The predicted octanol–water partition coefficient (Wildman–Crippen LogP) is 2.68. The summed E-state index contributed by atoms with van der Waals surface area (Å²) in [6.45, 7) is 1.23. The van der Waals surface area contributed by atoms with Gasteiger partial charge in [-0.05, 0) is 24.3 Å². The van der Waals surface area contributed by atoms with Crippen LogP contribution in [0.1, 0.15) is 31.2 Å². The van der Waals surface area contributed by atoms with E-state index in [1.165, 1.54) is 37.8 Å². The zero-order chi connectivity index (χ0) is 9.43. The first-order valence-electron chi connectivity index (χ1n) is 5.72. The van der Waals surface area contributed by atoms with Gasteiger partial charge in [0.25, 0.3) is 0 Å². The lowest BCUT2D eigenvalue weighted by atomic mass is 9.64. The van der Waals surface area contributed by atoms with Crippen LogP contribution in [0.25, 0.3) is 0 Å². The lowest BCUT2D eigenvalue weighted by Gasteiger charge is -2.54. The Morgan fingerprint density at radius 1 is 1.14 bits per heavy atom. The van der Waals surface area contributed by atoms with Gasteiger partial charge in [0.15, 0.2) is 0 Å². The van der Waals surface area contributed by atoms with Crippen LogP contribution in [0.2, 0.25) is 0 Å². The number of hydrogen-bond donors (Lipinski definition) is 1. The SMILES string of the molecule is c1ccc([C@@]23CCCC[C@@H]2CN3)cc1. The highest BCUT2D eigenvalue weighted by atomic mass is 15.1. The molecule has 1 aromatic rings. The topological polar surface area (TPSA) is 12.0 Å². The van der Waals surface area contributed by atoms with E-state index in [9.17, 15) is 0 Å². The van der Waals surface area contributed by atoms with Crippen LogP contribution in [-0.2, 0) is 5.54 Å². The lowest BCUT2D eigenvalue weighted by molar-refractivity contribution is 0.0480. The maximum Gasteiger partial charge on any atom is 0.0475 e. The van der Waals surface area contributed by atoms with Crippen molar-refractivity contribution in [3.63, 3.8) is 0 Å². The average molecular weight is 187 g/mol. The number of nitrogens with one attached hydrogen (secondary N) is 1. The maximum absolute atomic E-state index is 3.68. The standard InChI is InChI=1S/C13H17N/c1-2-6-11(7-3-1)13-9-5-4-8-12(13)10-14-13/h1-3,6-7,12,14H,4-5,8-10H2/t12-,13+/m1/s1. The van der Waals surface area contributed by atoms with Crippen LogP contribution >= 0.6 is 0 Å². The molecule has 74 valence electrons. The van der Waals surface area contributed by atoms with Crippen LogP contribution in [-0.4, -0.2) is 6.54 Å². The van der Waals surface area contributed by atoms with Crippen molar-refractivity contribution in [1.29, 1.82) is 0 Å². The molecule has 1 saturated heterocycles. The largest absolute Gasteiger partial charge is 0.307 e. The van der Waals surface area contributed by atoms with E-state index in [0.29, 0.717) is 5.54 Å². The van der Waals surface area contributed by atoms with Gasteiger partial charge in [0.05, 0.1) is 0 Å². The molecule has 0 spiro atoms. The number of benzene rings is 1. The van der Waals surface area contributed by atoms with E-state index in [2.05, 4.69) is 35.6 Å². The second-order valence-corrected chi connectivity index (χ2v) is 4.66. The van der Waals surface area contributed by atoms with Crippen molar-refractivity contribution < 1.29 is 0 Å². The molecule has 2 aliphatic rings. The smallest absolute Gasteiger partial charge is 0.0475 e. The first-order valence-corrected chi connectivity index (χ1v) is 5.72. The molecule has 0 amide bonds. The highest BCUT2D eigenvalue weighted by Crippen LogP contribution is 2.46. The molecule has 1 N–H and O–H groups in total. The minimum absolute atomic E-state index is 0.361. The number of fused-ring (bicyclic) bond motifs is 1. The summed E-state index contributed by atoms with van der Waals surface area (Å²) in [5.74, 6) is 0.902. The minimum Gasteiger partial charge on any atom is -0.307 e. The van der Waals surface area contributed by atoms with Crippen LogP contribution in [0, 0.1) is 5.92 Å². The molecule has 1 saturated carbocycles. The summed E-state index contributed by atoms with van der Waals surface area (Å²) in [5.41, 5.74) is 1.87. The number of rotatable bonds is 1. The first-order chi connectivity index (χ1) is 6.92. The molecule has 1 aromatic carbocycles. The second kappa shape index (κ2) is 3.09. The van der Waals surface area contributed by atoms with Crippen molar-refractivity contribution in [3.05, 3.63) is 35.9 Å². The van der Waals surface area contributed by atoms with Gasteiger partial charge >= 0.3 is 0 Å². The Labute approximate surface area is 85.5 Å². The molecule has 1 nitrogen and oxygen atoms in total. The summed E-state index contributed by atoms with van der Waals surface area (Å²) < 4.78 is 0. The van der Waals surface area contributed by atoms with E-state index in [1.807, 2.05) is 0 Å². The fraction of sp³-hybridized carbons (Fsp3) is 0.538. The van der Waals surface area contributed by atoms with Crippen LogP contribution in [0.5, 0.6) is 0 Å². The molecule has 2 fully saturated rings. The Bertz CT molecular complexity index is 319. The molecule has 1 aliphatic carbocycles. The van der Waals surface area contributed by atoms with E-state index in [-0.39, 0.29) is 0 Å². The Morgan fingerprint density at radius 2 is 2.00 bits per heavy atom. The molecule has 0 bridgehead atoms. The van der Waals surface area contributed by atoms with E-state index in [4.69, 9.17) is 0 Å². The van der Waals surface area contributed by atoms with Gasteiger partial charge in [-0.2, -0.15) is 0 Å². The van der Waals surface area contributed by atoms with Crippen molar-refractivity contribution in [3.8, 4) is 0 Å². The van der Waals surface area contributed by atoms with Gasteiger partial charge < -0.3 is 5.32 Å². The molecule has 0 unspecified atom stereocenters. The molecule has 2 atom stereocenters. The van der Waals surface area contributed by atoms with Crippen LogP contribution in [0.3, 0.4) is 0 Å². The summed E-state index contributed by atoms with van der Waals surface area (Å²) in [6, 6.07) is 11.0. The van der Waals surface area contributed by atoms with Gasteiger partial charge in [-0.1, -0.05) is 43.2 Å². The van der Waals surface area contributed by atoms with Gasteiger partial charge in [0, 0.05) is 12.1 Å². The molecule has 1 heterocycles.